The van der Waals surface area contributed by atoms with Crippen LogP contribution in [0.2, 0.25) is 0 Å². The van der Waals surface area contributed by atoms with E-state index in [4.69, 9.17) is 20.6 Å². The van der Waals surface area contributed by atoms with Crippen LogP contribution < -0.4 is 20.1 Å². The molecule has 3 aromatic rings. The molecule has 0 saturated carbocycles. The quantitative estimate of drug-likeness (QED) is 0.242. The molecule has 3 heterocycles. The molecule has 1 atom stereocenters. The smallest absolute Gasteiger partial charge is 0.326 e. The zero-order valence-corrected chi connectivity index (χ0v) is 21.4. The molecule has 2 aromatic carbocycles. The van der Waals surface area contributed by atoms with Crippen molar-refractivity contribution in [3.8, 4) is 28.9 Å². The van der Waals surface area contributed by atoms with E-state index < -0.39 is 35.3 Å². The van der Waals surface area contributed by atoms with Crippen LogP contribution in [0.3, 0.4) is 0 Å². The molecule has 1 aromatic heterocycles. The van der Waals surface area contributed by atoms with Gasteiger partial charge in [-0.1, -0.05) is 0 Å². The number of nitrogen functional groups attached to an aromatic ring is 1. The molecule has 0 bridgehead atoms. The fourth-order valence-electron chi connectivity index (χ4n) is 4.69. The van der Waals surface area contributed by atoms with E-state index in [9.17, 15) is 19.4 Å². The standard InChI is InChI=1S/C27H26F2N6O5/c1-34-10-8-32-25(34)16-12-15(35-9-2-3-18(35)27(37)38)5-7-20(16)39-23-17(28)13-33-26(22(23)29)40-21-11-14(24(30)31)4-6-19(21)36/h4-7,11-13,18,36H,2-3,8-10H2,1H3,(H3,30,31)(H,37,38). The third-order valence-electron chi connectivity index (χ3n) is 6.72. The topological polar surface area (TPSA) is 158 Å². The van der Waals surface area contributed by atoms with Crippen molar-refractivity contribution < 1.29 is 33.3 Å². The molecule has 5 rings (SSSR count). The molecule has 2 aliphatic heterocycles. The van der Waals surface area contributed by atoms with E-state index in [1.165, 1.54) is 24.3 Å². The summed E-state index contributed by atoms with van der Waals surface area (Å²) in [7, 11) is 1.82. The maximum absolute atomic E-state index is 15.5. The number of carboxylic acid groups (broad SMARTS) is 1. The predicted molar refractivity (Wildman–Crippen MR) is 142 cm³/mol. The number of anilines is 1. The van der Waals surface area contributed by atoms with Crippen LogP contribution >= 0.6 is 0 Å². The molecular weight excluding hydrogens is 526 g/mol. The fraction of sp³-hybridized carbons (Fsp3) is 0.259. The van der Waals surface area contributed by atoms with E-state index in [0.717, 1.165) is 0 Å². The number of rotatable bonds is 8. The molecule has 0 spiro atoms. The van der Waals surface area contributed by atoms with E-state index in [2.05, 4.69) is 9.98 Å². The maximum Gasteiger partial charge on any atom is 0.326 e. The number of nitrogens with zero attached hydrogens (tertiary/aromatic N) is 4. The number of aromatic hydroxyl groups is 1. The Morgan fingerprint density at radius 1 is 1.15 bits per heavy atom. The van der Waals surface area contributed by atoms with Crippen LogP contribution in [0.5, 0.6) is 28.9 Å². The van der Waals surface area contributed by atoms with Gasteiger partial charge in [-0.05, 0) is 49.2 Å². The molecule has 11 nitrogen and oxygen atoms in total. The number of carboxylic acids is 1. The molecule has 0 radical (unpaired) electrons. The van der Waals surface area contributed by atoms with Crippen LogP contribution in [0.15, 0.2) is 47.6 Å². The third kappa shape index (κ3) is 5.05. The molecular formula is C27H26F2N6O5. The van der Waals surface area contributed by atoms with Gasteiger partial charge >= 0.3 is 5.97 Å². The lowest BCUT2D eigenvalue weighted by atomic mass is 10.1. The van der Waals surface area contributed by atoms with Crippen molar-refractivity contribution in [2.45, 2.75) is 18.9 Å². The summed E-state index contributed by atoms with van der Waals surface area (Å²) in [5, 5.41) is 27.3. The number of hydrogen-bond donors (Lipinski definition) is 4. The molecule has 0 amide bonds. The second-order valence-corrected chi connectivity index (χ2v) is 9.35. The Morgan fingerprint density at radius 3 is 2.65 bits per heavy atom. The van der Waals surface area contributed by atoms with Crippen molar-refractivity contribution in [3.63, 3.8) is 0 Å². The van der Waals surface area contributed by atoms with Gasteiger partial charge in [-0.3, -0.25) is 10.4 Å². The Balaban J connectivity index is 1.52. The number of phenols is 1. The van der Waals surface area contributed by atoms with Crippen LogP contribution in [0.1, 0.15) is 24.0 Å². The summed E-state index contributed by atoms with van der Waals surface area (Å²) >= 11 is 0. The summed E-state index contributed by atoms with van der Waals surface area (Å²) in [6, 6.07) is 7.98. The lowest BCUT2D eigenvalue weighted by Gasteiger charge is -2.26. The highest BCUT2D eigenvalue weighted by atomic mass is 19.1. The van der Waals surface area contributed by atoms with Crippen molar-refractivity contribution in [1.82, 2.24) is 9.88 Å². The summed E-state index contributed by atoms with van der Waals surface area (Å²) < 4.78 is 41.6. The van der Waals surface area contributed by atoms with Crippen LogP contribution in [0.4, 0.5) is 14.5 Å². The highest BCUT2D eigenvalue weighted by molar-refractivity contribution is 6.03. The van der Waals surface area contributed by atoms with Crippen molar-refractivity contribution in [2.75, 3.05) is 31.6 Å². The van der Waals surface area contributed by atoms with Crippen molar-refractivity contribution in [1.29, 1.82) is 5.41 Å². The SMILES string of the molecule is CN1CCN=C1c1cc(N2CCCC2C(=O)O)ccc1Oc1c(F)cnc(Oc2cc(C(=N)N)ccc2O)c1F. The summed E-state index contributed by atoms with van der Waals surface area (Å²) in [6.07, 6.45) is 1.94. The van der Waals surface area contributed by atoms with Gasteiger partial charge in [0.15, 0.2) is 17.3 Å². The Hall–Kier alpha value is -4.94. The first-order chi connectivity index (χ1) is 19.1. The highest BCUT2D eigenvalue weighted by Crippen LogP contribution is 2.39. The number of aliphatic imine (C=N–C) groups is 1. The highest BCUT2D eigenvalue weighted by Gasteiger charge is 2.32. The van der Waals surface area contributed by atoms with Crippen molar-refractivity contribution >= 4 is 23.3 Å². The van der Waals surface area contributed by atoms with Crippen LogP contribution in [-0.2, 0) is 4.79 Å². The molecule has 13 heteroatoms. The van der Waals surface area contributed by atoms with Gasteiger partial charge in [-0.25, -0.2) is 14.2 Å². The van der Waals surface area contributed by atoms with E-state index in [1.54, 1.807) is 17.0 Å². The van der Waals surface area contributed by atoms with Crippen LogP contribution in [-0.4, -0.2) is 70.5 Å². The summed E-state index contributed by atoms with van der Waals surface area (Å²) in [6.45, 7) is 1.68. The Labute approximate surface area is 227 Å². The Bertz CT molecular complexity index is 1530. The molecule has 2 aliphatic rings. The summed E-state index contributed by atoms with van der Waals surface area (Å²) in [5.74, 6) is -5.09. The summed E-state index contributed by atoms with van der Waals surface area (Å²) in [4.78, 5) is 23.6. The van der Waals surface area contributed by atoms with Crippen LogP contribution in [0.25, 0.3) is 0 Å². The largest absolute Gasteiger partial charge is 0.504 e. The number of amidine groups is 2. The number of likely N-dealkylation sites (N-methyl/N-ethyl adjacent to an activating group) is 1. The molecule has 1 unspecified atom stereocenters. The second kappa shape index (κ2) is 10.7. The van der Waals surface area contributed by atoms with Gasteiger partial charge in [0.2, 0.25) is 11.6 Å². The number of ether oxygens (including phenoxy) is 2. The van der Waals surface area contributed by atoms with Gasteiger partial charge in [0.1, 0.15) is 23.5 Å². The zero-order chi connectivity index (χ0) is 28.6. The summed E-state index contributed by atoms with van der Waals surface area (Å²) in [5.41, 5.74) is 6.74. The monoisotopic (exact) mass is 552 g/mol. The first-order valence-corrected chi connectivity index (χ1v) is 12.4. The van der Waals surface area contributed by atoms with E-state index in [0.29, 0.717) is 55.8 Å². The molecule has 0 aliphatic carbocycles. The van der Waals surface area contributed by atoms with Gasteiger partial charge in [-0.2, -0.15) is 4.39 Å². The molecule has 40 heavy (non-hydrogen) atoms. The number of hydrogen-bond acceptors (Lipinski definition) is 9. The lowest BCUT2D eigenvalue weighted by Crippen LogP contribution is -2.36. The van der Waals surface area contributed by atoms with Gasteiger partial charge in [0, 0.05) is 31.4 Å². The normalized spacial score (nSPS) is 16.7. The number of nitrogens with one attached hydrogen (secondary N) is 1. The van der Waals surface area contributed by atoms with Crippen LogP contribution in [0, 0.1) is 17.0 Å². The first-order valence-electron chi connectivity index (χ1n) is 12.4. The predicted octanol–water partition coefficient (Wildman–Crippen LogP) is 3.68. The number of carbonyl (C=O) groups is 1. The fourth-order valence-corrected chi connectivity index (χ4v) is 4.69. The maximum atomic E-state index is 15.5. The number of benzene rings is 2. The van der Waals surface area contributed by atoms with E-state index >= 15 is 4.39 Å². The lowest BCUT2D eigenvalue weighted by molar-refractivity contribution is -0.138. The van der Waals surface area contributed by atoms with Gasteiger partial charge < -0.3 is 35.2 Å². The Kier molecular flexibility index (Phi) is 7.11. The number of phenolic OH excluding ortho intramolecular Hbond substituents is 1. The minimum Gasteiger partial charge on any atom is -0.504 e. The molecule has 208 valence electrons. The first kappa shape index (κ1) is 26.7. The number of nitrogens with two attached hydrogens (primary N) is 1. The van der Waals surface area contributed by atoms with Gasteiger partial charge in [0.05, 0.1) is 18.3 Å². The zero-order valence-electron chi connectivity index (χ0n) is 21.4. The molecule has 1 saturated heterocycles. The minimum absolute atomic E-state index is 0.0821. The van der Waals surface area contributed by atoms with Gasteiger partial charge in [0.25, 0.3) is 5.88 Å². The van der Waals surface area contributed by atoms with Crippen molar-refractivity contribution in [3.05, 3.63) is 65.4 Å². The molecule has 1 fully saturated rings. The van der Waals surface area contributed by atoms with E-state index in [-0.39, 0.29) is 28.6 Å². The number of pyridine rings is 1. The minimum atomic E-state index is -1.27. The number of halogens is 2. The average molecular weight is 553 g/mol. The average Bonchev–Trinajstić information content (AvgIpc) is 3.59. The number of aliphatic carboxylic acids is 1. The Morgan fingerprint density at radius 2 is 1.95 bits per heavy atom. The third-order valence-corrected chi connectivity index (χ3v) is 6.72. The van der Waals surface area contributed by atoms with E-state index in [1.807, 2.05) is 11.9 Å². The second-order valence-electron chi connectivity index (χ2n) is 9.35. The molecule has 5 N–H and O–H groups in total. The van der Waals surface area contributed by atoms with Crippen molar-refractivity contribution in [2.24, 2.45) is 10.7 Å². The number of aromatic nitrogens is 1. The van der Waals surface area contributed by atoms with Gasteiger partial charge in [-0.15, -0.1) is 0 Å².